The van der Waals surface area contributed by atoms with Gasteiger partial charge in [0.15, 0.2) is 0 Å². The molecule has 0 unspecified atom stereocenters. The number of aromatic nitrogens is 1. The molecule has 3 rings (SSSR count). The highest BCUT2D eigenvalue weighted by Crippen LogP contribution is 2.23. The number of carbonyl (C=O) groups is 1. The van der Waals surface area contributed by atoms with Crippen molar-refractivity contribution < 1.29 is 9.53 Å². The zero-order chi connectivity index (χ0) is 16.9. The van der Waals surface area contributed by atoms with Gasteiger partial charge in [-0.15, -0.1) is 0 Å². The van der Waals surface area contributed by atoms with Crippen LogP contribution in [0.5, 0.6) is 5.88 Å². The quantitative estimate of drug-likeness (QED) is 0.889. The van der Waals surface area contributed by atoms with Crippen LogP contribution < -0.4 is 10.1 Å². The van der Waals surface area contributed by atoms with Crippen LogP contribution in [-0.2, 0) is 0 Å². The number of ether oxygens (including phenoxy) is 1. The molecule has 0 radical (unpaired) electrons. The SMILES string of the molecule is Cc1cccc(C)c1C(=O)Nc1ccc(OC2CCCCC2)nc1. The highest BCUT2D eigenvalue weighted by Gasteiger charge is 2.16. The third kappa shape index (κ3) is 3.94. The van der Waals surface area contributed by atoms with E-state index in [1.807, 2.05) is 44.2 Å². The molecule has 1 fully saturated rings. The van der Waals surface area contributed by atoms with Gasteiger partial charge in [0.25, 0.3) is 5.91 Å². The van der Waals surface area contributed by atoms with Crippen LogP contribution in [0.4, 0.5) is 5.69 Å². The molecular weight excluding hydrogens is 300 g/mol. The molecule has 0 bridgehead atoms. The first kappa shape index (κ1) is 16.5. The van der Waals surface area contributed by atoms with Crippen LogP contribution in [0.1, 0.15) is 53.6 Å². The van der Waals surface area contributed by atoms with Gasteiger partial charge >= 0.3 is 0 Å². The lowest BCUT2D eigenvalue weighted by Crippen LogP contribution is -2.20. The average molecular weight is 324 g/mol. The fraction of sp³-hybridized carbons (Fsp3) is 0.400. The van der Waals surface area contributed by atoms with Crippen LogP contribution in [0.3, 0.4) is 0 Å². The van der Waals surface area contributed by atoms with Crippen molar-refractivity contribution in [2.75, 3.05) is 5.32 Å². The van der Waals surface area contributed by atoms with Crippen LogP contribution in [0, 0.1) is 13.8 Å². The van der Waals surface area contributed by atoms with Gasteiger partial charge in [0.05, 0.1) is 11.9 Å². The second-order valence-corrected chi connectivity index (χ2v) is 6.48. The number of nitrogens with zero attached hydrogens (tertiary/aromatic N) is 1. The predicted octanol–water partition coefficient (Wildman–Crippen LogP) is 4.66. The average Bonchev–Trinajstić information content (AvgIpc) is 2.57. The summed E-state index contributed by atoms with van der Waals surface area (Å²) in [5.74, 6) is 0.528. The number of rotatable bonds is 4. The van der Waals surface area contributed by atoms with E-state index in [4.69, 9.17) is 4.74 Å². The zero-order valence-corrected chi connectivity index (χ0v) is 14.3. The molecule has 24 heavy (non-hydrogen) atoms. The monoisotopic (exact) mass is 324 g/mol. The van der Waals surface area contributed by atoms with E-state index >= 15 is 0 Å². The molecule has 1 saturated carbocycles. The van der Waals surface area contributed by atoms with E-state index in [0.717, 1.165) is 29.5 Å². The topological polar surface area (TPSA) is 51.2 Å². The Labute approximate surface area is 143 Å². The number of anilines is 1. The maximum absolute atomic E-state index is 12.5. The second-order valence-electron chi connectivity index (χ2n) is 6.48. The lowest BCUT2D eigenvalue weighted by Gasteiger charge is -2.22. The Morgan fingerprint density at radius 2 is 1.79 bits per heavy atom. The van der Waals surface area contributed by atoms with Gasteiger partial charge in [-0.25, -0.2) is 4.98 Å². The minimum Gasteiger partial charge on any atom is -0.474 e. The maximum Gasteiger partial charge on any atom is 0.256 e. The van der Waals surface area contributed by atoms with Crippen LogP contribution >= 0.6 is 0 Å². The van der Waals surface area contributed by atoms with E-state index in [1.54, 1.807) is 6.20 Å². The molecule has 126 valence electrons. The summed E-state index contributed by atoms with van der Waals surface area (Å²) >= 11 is 0. The molecule has 1 amide bonds. The van der Waals surface area contributed by atoms with Crippen LogP contribution in [0.2, 0.25) is 0 Å². The highest BCUT2D eigenvalue weighted by atomic mass is 16.5. The van der Waals surface area contributed by atoms with Crippen molar-refractivity contribution in [3.63, 3.8) is 0 Å². The third-order valence-electron chi connectivity index (χ3n) is 4.54. The number of hydrogen-bond acceptors (Lipinski definition) is 3. The minimum absolute atomic E-state index is 0.103. The molecule has 4 heteroatoms. The smallest absolute Gasteiger partial charge is 0.256 e. The predicted molar refractivity (Wildman–Crippen MR) is 95.6 cm³/mol. The summed E-state index contributed by atoms with van der Waals surface area (Å²) in [5.41, 5.74) is 3.34. The third-order valence-corrected chi connectivity index (χ3v) is 4.54. The Hall–Kier alpha value is -2.36. The fourth-order valence-corrected chi connectivity index (χ4v) is 3.24. The van der Waals surface area contributed by atoms with Gasteiger partial charge in [-0.2, -0.15) is 0 Å². The van der Waals surface area contributed by atoms with Gasteiger partial charge < -0.3 is 10.1 Å². The first-order valence-electron chi connectivity index (χ1n) is 8.64. The zero-order valence-electron chi connectivity index (χ0n) is 14.3. The Balaban J connectivity index is 1.64. The van der Waals surface area contributed by atoms with E-state index in [2.05, 4.69) is 10.3 Å². The number of aryl methyl sites for hydroxylation is 2. The molecule has 4 nitrogen and oxygen atoms in total. The molecule has 1 aliphatic carbocycles. The molecule has 1 aromatic heterocycles. The van der Waals surface area contributed by atoms with Gasteiger partial charge in [0, 0.05) is 11.6 Å². The van der Waals surface area contributed by atoms with Crippen molar-refractivity contribution in [3.05, 3.63) is 53.2 Å². The summed E-state index contributed by atoms with van der Waals surface area (Å²) in [6.07, 6.45) is 7.91. The highest BCUT2D eigenvalue weighted by molar-refractivity contribution is 6.06. The standard InChI is InChI=1S/C20H24N2O2/c1-14-7-6-8-15(2)19(14)20(23)22-16-11-12-18(21-13-16)24-17-9-4-3-5-10-17/h6-8,11-13,17H,3-5,9-10H2,1-2H3,(H,22,23). The summed E-state index contributed by atoms with van der Waals surface area (Å²) in [5, 5.41) is 2.91. The Morgan fingerprint density at radius 3 is 2.42 bits per heavy atom. The van der Waals surface area contributed by atoms with Gasteiger partial charge in [-0.3, -0.25) is 4.79 Å². The molecule has 0 saturated heterocycles. The summed E-state index contributed by atoms with van der Waals surface area (Å²) in [4.78, 5) is 16.8. The van der Waals surface area contributed by atoms with E-state index in [9.17, 15) is 4.79 Å². The number of amides is 1. The lowest BCUT2D eigenvalue weighted by molar-refractivity contribution is 0.102. The molecule has 1 aromatic carbocycles. The lowest BCUT2D eigenvalue weighted by atomic mass is 9.98. The molecule has 1 aliphatic rings. The minimum atomic E-state index is -0.103. The van der Waals surface area contributed by atoms with Crippen molar-refractivity contribution in [3.8, 4) is 5.88 Å². The number of carbonyl (C=O) groups excluding carboxylic acids is 1. The molecule has 0 spiro atoms. The molecule has 1 heterocycles. The van der Waals surface area contributed by atoms with Crippen molar-refractivity contribution >= 4 is 11.6 Å². The van der Waals surface area contributed by atoms with E-state index in [1.165, 1.54) is 19.3 Å². The van der Waals surface area contributed by atoms with Crippen LogP contribution in [-0.4, -0.2) is 17.0 Å². The van der Waals surface area contributed by atoms with E-state index < -0.39 is 0 Å². The number of benzene rings is 1. The first-order valence-corrected chi connectivity index (χ1v) is 8.64. The Bertz CT molecular complexity index is 684. The van der Waals surface area contributed by atoms with Crippen LogP contribution in [0.25, 0.3) is 0 Å². The van der Waals surface area contributed by atoms with Gasteiger partial charge in [0.2, 0.25) is 5.88 Å². The summed E-state index contributed by atoms with van der Waals surface area (Å²) in [6, 6.07) is 9.52. The van der Waals surface area contributed by atoms with Gasteiger partial charge in [-0.1, -0.05) is 24.6 Å². The molecule has 0 aliphatic heterocycles. The first-order chi connectivity index (χ1) is 11.6. The Morgan fingerprint density at radius 1 is 1.08 bits per heavy atom. The number of hydrogen-bond donors (Lipinski definition) is 1. The summed E-state index contributed by atoms with van der Waals surface area (Å²) in [7, 11) is 0. The van der Waals surface area contributed by atoms with Crippen molar-refractivity contribution in [1.29, 1.82) is 0 Å². The van der Waals surface area contributed by atoms with E-state index in [0.29, 0.717) is 11.6 Å². The number of nitrogens with one attached hydrogen (secondary N) is 1. The molecule has 2 aromatic rings. The van der Waals surface area contributed by atoms with Crippen LogP contribution in [0.15, 0.2) is 36.5 Å². The largest absolute Gasteiger partial charge is 0.474 e. The normalized spacial score (nSPS) is 15.1. The maximum atomic E-state index is 12.5. The fourth-order valence-electron chi connectivity index (χ4n) is 3.24. The van der Waals surface area contributed by atoms with Crippen molar-refractivity contribution in [2.45, 2.75) is 52.1 Å². The molecular formula is C20H24N2O2. The number of pyridine rings is 1. The summed E-state index contributed by atoms with van der Waals surface area (Å²) < 4.78 is 5.91. The summed E-state index contributed by atoms with van der Waals surface area (Å²) in [6.45, 7) is 3.89. The molecule has 0 atom stereocenters. The van der Waals surface area contributed by atoms with E-state index in [-0.39, 0.29) is 12.0 Å². The van der Waals surface area contributed by atoms with Gasteiger partial charge in [-0.05, 0) is 56.7 Å². The second kappa shape index (κ2) is 7.47. The Kier molecular flexibility index (Phi) is 5.14. The van der Waals surface area contributed by atoms with Crippen molar-refractivity contribution in [2.24, 2.45) is 0 Å². The van der Waals surface area contributed by atoms with Crippen molar-refractivity contribution in [1.82, 2.24) is 4.98 Å². The molecule has 1 N–H and O–H groups in total. The van der Waals surface area contributed by atoms with Gasteiger partial charge in [0.1, 0.15) is 6.10 Å².